The number of amides is 4. The van der Waals surface area contributed by atoms with Gasteiger partial charge in [-0.1, -0.05) is 24.3 Å². The summed E-state index contributed by atoms with van der Waals surface area (Å²) < 4.78 is 59.0. The number of carbonyl (C=O) groups excluding carboxylic acids is 5. The summed E-state index contributed by atoms with van der Waals surface area (Å²) in [4.78, 5) is 70.9. The van der Waals surface area contributed by atoms with Crippen LogP contribution in [0.15, 0.2) is 30.4 Å². The Morgan fingerprint density at radius 1 is 1.14 bits per heavy atom. The second-order valence-corrected chi connectivity index (χ2v) is 17.0. The third-order valence-electron chi connectivity index (χ3n) is 9.87. The van der Waals surface area contributed by atoms with Crippen molar-refractivity contribution in [2.45, 2.75) is 107 Å². The molecule has 6 rings (SSSR count). The molecule has 3 aliphatic heterocycles. The van der Waals surface area contributed by atoms with Gasteiger partial charge in [-0.3, -0.25) is 28.8 Å². The minimum absolute atomic E-state index is 0.00352. The van der Waals surface area contributed by atoms with Gasteiger partial charge >= 0.3 is 12.1 Å². The van der Waals surface area contributed by atoms with Crippen molar-refractivity contribution in [3.8, 4) is 0 Å². The lowest BCUT2D eigenvalue weighted by molar-refractivity contribution is -0.159. The summed E-state index contributed by atoms with van der Waals surface area (Å²) in [5.41, 5.74) is -1.36. The molecule has 2 saturated carbocycles. The van der Waals surface area contributed by atoms with Gasteiger partial charge in [0.1, 0.15) is 29.1 Å². The molecule has 278 valence electrons. The van der Waals surface area contributed by atoms with E-state index in [2.05, 4.69) is 10.0 Å². The molecule has 3 heterocycles. The Bertz CT molecular complexity index is 1720. The van der Waals surface area contributed by atoms with E-state index in [1.807, 2.05) is 0 Å². The summed E-state index contributed by atoms with van der Waals surface area (Å²) in [6, 6.07) is 3.37. The van der Waals surface area contributed by atoms with Crippen molar-refractivity contribution in [1.29, 1.82) is 0 Å². The second kappa shape index (κ2) is 14.2. The molecule has 16 heteroatoms. The number of sulfonamides is 1. The molecule has 0 spiro atoms. The predicted molar refractivity (Wildman–Crippen MR) is 178 cm³/mol. The van der Waals surface area contributed by atoms with E-state index in [0.717, 1.165) is 0 Å². The van der Waals surface area contributed by atoms with Crippen LogP contribution in [0.25, 0.3) is 0 Å². The standard InChI is InChI=1S/C35H45FN4O10S/c1-34(2,3)50-29(41)15-21-8-5-13-48-14-6-9-23-17-35(23,32(44)38-51(46,47)25-11-12-25)37-30(42)28-16-24(19-40(28)31(21)43)49-33(45)39-18-22-7-4-10-27(36)26(22)20-39/h4,6-7,9-10,21,23-25,28H,5,8,11-20H2,1-3H3,(H,37,42)(H,38,44)/b9-6-/t21-,23-,24-,28+,35-/m1/s1. The number of rotatable bonds is 6. The fourth-order valence-corrected chi connectivity index (χ4v) is 8.37. The van der Waals surface area contributed by atoms with Crippen molar-refractivity contribution >= 4 is 39.8 Å². The van der Waals surface area contributed by atoms with Gasteiger partial charge in [-0.05, 0) is 64.5 Å². The molecule has 4 amide bonds. The monoisotopic (exact) mass is 732 g/mol. The zero-order valence-electron chi connectivity index (χ0n) is 29.0. The minimum Gasteiger partial charge on any atom is -0.460 e. The highest BCUT2D eigenvalue weighted by Crippen LogP contribution is 2.46. The van der Waals surface area contributed by atoms with E-state index in [1.54, 1.807) is 45.1 Å². The quantitative estimate of drug-likeness (QED) is 0.326. The molecule has 2 aliphatic carbocycles. The Morgan fingerprint density at radius 3 is 2.61 bits per heavy atom. The van der Waals surface area contributed by atoms with Crippen molar-refractivity contribution in [1.82, 2.24) is 19.8 Å². The summed E-state index contributed by atoms with van der Waals surface area (Å²) in [5, 5.41) is 2.09. The number of nitrogens with one attached hydrogen (secondary N) is 2. The lowest BCUT2D eigenvalue weighted by Crippen LogP contribution is -2.57. The molecule has 0 bridgehead atoms. The summed E-state index contributed by atoms with van der Waals surface area (Å²) in [5.74, 6) is -4.61. The largest absolute Gasteiger partial charge is 0.460 e. The van der Waals surface area contributed by atoms with E-state index >= 15 is 0 Å². The van der Waals surface area contributed by atoms with E-state index in [4.69, 9.17) is 14.2 Å². The zero-order chi connectivity index (χ0) is 36.7. The molecule has 3 fully saturated rings. The number of esters is 1. The first-order chi connectivity index (χ1) is 24.1. The maximum Gasteiger partial charge on any atom is 0.410 e. The number of fused-ring (bicyclic) bond motifs is 3. The molecule has 1 aromatic carbocycles. The first kappa shape index (κ1) is 36.7. The molecule has 51 heavy (non-hydrogen) atoms. The van der Waals surface area contributed by atoms with E-state index < -0.39 is 86.0 Å². The fourth-order valence-electron chi connectivity index (χ4n) is 7.00. The van der Waals surface area contributed by atoms with Crippen LogP contribution >= 0.6 is 0 Å². The Kier molecular flexibility index (Phi) is 10.2. The van der Waals surface area contributed by atoms with E-state index in [9.17, 15) is 36.8 Å². The van der Waals surface area contributed by atoms with Gasteiger partial charge in [-0.2, -0.15) is 0 Å². The van der Waals surface area contributed by atoms with Crippen LogP contribution in [0.1, 0.15) is 76.8 Å². The van der Waals surface area contributed by atoms with Gasteiger partial charge in [-0.25, -0.2) is 17.6 Å². The van der Waals surface area contributed by atoms with Crippen LogP contribution in [0.2, 0.25) is 0 Å². The van der Waals surface area contributed by atoms with Crippen molar-refractivity contribution in [2.75, 3.05) is 19.8 Å². The van der Waals surface area contributed by atoms with Crippen molar-refractivity contribution in [3.05, 3.63) is 47.3 Å². The van der Waals surface area contributed by atoms with E-state index in [0.29, 0.717) is 30.4 Å². The summed E-state index contributed by atoms with van der Waals surface area (Å²) in [7, 11) is -3.94. The molecule has 14 nitrogen and oxygen atoms in total. The number of nitrogens with zero attached hydrogens (tertiary/aromatic N) is 2. The maximum atomic E-state index is 14.4. The van der Waals surface area contributed by atoms with Crippen LogP contribution in [-0.2, 0) is 56.5 Å². The Morgan fingerprint density at radius 2 is 1.90 bits per heavy atom. The Hall–Kier alpha value is -4.05. The number of benzene rings is 1. The molecule has 1 aromatic rings. The third-order valence-corrected chi connectivity index (χ3v) is 11.7. The number of hydrogen-bond acceptors (Lipinski definition) is 10. The smallest absolute Gasteiger partial charge is 0.410 e. The first-order valence-corrected chi connectivity index (χ1v) is 19.0. The van der Waals surface area contributed by atoms with E-state index in [1.165, 1.54) is 15.9 Å². The molecular formula is C35H45FN4O10S. The maximum absolute atomic E-state index is 14.4. The number of carbonyl (C=O) groups is 5. The van der Waals surface area contributed by atoms with Gasteiger partial charge in [0.05, 0.1) is 31.4 Å². The minimum atomic E-state index is -3.94. The van der Waals surface area contributed by atoms with Crippen LogP contribution in [0.4, 0.5) is 9.18 Å². The molecule has 0 unspecified atom stereocenters. The van der Waals surface area contributed by atoms with Crippen LogP contribution < -0.4 is 10.0 Å². The van der Waals surface area contributed by atoms with Crippen molar-refractivity contribution < 1.29 is 51.0 Å². The Balaban J connectivity index is 1.25. The SMILES string of the molecule is CC(C)(C)OC(=O)C[C@H]1CCCOC/C=C\[C@@H]2C[C@@]2(C(=O)NS(=O)(=O)C2CC2)NC(=O)[C@@H]2C[C@@H](OC(=O)N3Cc4cccc(F)c4C3)CN2C1=O. The molecule has 5 atom stereocenters. The van der Waals surface area contributed by atoms with Gasteiger partial charge in [0, 0.05) is 37.0 Å². The summed E-state index contributed by atoms with van der Waals surface area (Å²) in [6.07, 6.45) is 2.95. The highest BCUT2D eigenvalue weighted by molar-refractivity contribution is 7.91. The normalized spacial score (nSPS) is 29.0. The van der Waals surface area contributed by atoms with Crippen LogP contribution in [0.5, 0.6) is 0 Å². The average Bonchev–Trinajstić information content (AvgIpc) is 3.93. The predicted octanol–water partition coefficient (Wildman–Crippen LogP) is 2.45. The highest BCUT2D eigenvalue weighted by atomic mass is 32.2. The molecule has 0 radical (unpaired) electrons. The van der Waals surface area contributed by atoms with E-state index in [-0.39, 0.29) is 58.5 Å². The van der Waals surface area contributed by atoms with Gasteiger partial charge in [0.2, 0.25) is 21.8 Å². The van der Waals surface area contributed by atoms with Crippen molar-refractivity contribution in [2.24, 2.45) is 11.8 Å². The number of hydrogen-bond donors (Lipinski definition) is 2. The fraction of sp³-hybridized carbons (Fsp3) is 0.629. The third kappa shape index (κ3) is 8.37. The van der Waals surface area contributed by atoms with Gasteiger partial charge < -0.3 is 24.4 Å². The lowest BCUT2D eigenvalue weighted by atomic mass is 9.97. The van der Waals surface area contributed by atoms with Gasteiger partial charge in [0.15, 0.2) is 0 Å². The molecule has 0 aromatic heterocycles. The van der Waals surface area contributed by atoms with Crippen molar-refractivity contribution in [3.63, 3.8) is 0 Å². The average molecular weight is 733 g/mol. The van der Waals surface area contributed by atoms with Crippen LogP contribution in [0.3, 0.4) is 0 Å². The molecule has 1 saturated heterocycles. The van der Waals surface area contributed by atoms with Gasteiger partial charge in [0.25, 0.3) is 5.91 Å². The lowest BCUT2D eigenvalue weighted by Gasteiger charge is -2.30. The topological polar surface area (TPSA) is 178 Å². The second-order valence-electron chi connectivity index (χ2n) is 15.1. The molecule has 5 aliphatic rings. The summed E-state index contributed by atoms with van der Waals surface area (Å²) >= 11 is 0. The first-order valence-electron chi connectivity index (χ1n) is 17.4. The molecular weight excluding hydrogens is 687 g/mol. The summed E-state index contributed by atoms with van der Waals surface area (Å²) in [6.45, 7) is 5.53. The number of ether oxygens (including phenoxy) is 3. The molecule has 2 N–H and O–H groups in total. The zero-order valence-corrected chi connectivity index (χ0v) is 29.8. The number of halogens is 1. The van der Waals surface area contributed by atoms with Gasteiger partial charge in [-0.15, -0.1) is 0 Å². The van der Waals surface area contributed by atoms with Crippen LogP contribution in [0, 0.1) is 17.7 Å². The van der Waals surface area contributed by atoms with Crippen LogP contribution in [-0.4, -0.2) is 96.3 Å². The Labute approximate surface area is 296 Å². The highest BCUT2D eigenvalue weighted by Gasteiger charge is 2.62.